The number of rotatable bonds is 2. The molecule has 0 saturated carbocycles. The number of hydrogen-bond acceptors (Lipinski definition) is 2. The highest BCUT2D eigenvalue weighted by molar-refractivity contribution is 5.89. The van der Waals surface area contributed by atoms with Crippen molar-refractivity contribution < 1.29 is 0 Å². The van der Waals surface area contributed by atoms with E-state index >= 15 is 0 Å². The van der Waals surface area contributed by atoms with Gasteiger partial charge in [-0.2, -0.15) is 10.4 Å². The summed E-state index contributed by atoms with van der Waals surface area (Å²) in [4.78, 5) is 0. The third-order valence-corrected chi connectivity index (χ3v) is 4.04. The van der Waals surface area contributed by atoms with Crippen LogP contribution in [0.5, 0.6) is 0 Å². The maximum atomic E-state index is 9.51. The topological polar surface area (TPSA) is 41.6 Å². The molecular weight excluding hydrogens is 270 g/mol. The van der Waals surface area contributed by atoms with Crippen LogP contribution in [-0.4, -0.2) is 9.78 Å². The molecule has 0 unspecified atom stereocenters. The number of nitrogens with zero attached hydrogens (tertiary/aromatic N) is 3. The van der Waals surface area contributed by atoms with Gasteiger partial charge in [-0.15, -0.1) is 0 Å². The van der Waals surface area contributed by atoms with Gasteiger partial charge in [-0.25, -0.2) is 0 Å². The zero-order chi connectivity index (χ0) is 16.5. The first-order valence-corrected chi connectivity index (χ1v) is 7.47. The van der Waals surface area contributed by atoms with Gasteiger partial charge < -0.3 is 0 Å². The van der Waals surface area contributed by atoms with Crippen molar-refractivity contribution in [1.82, 2.24) is 9.78 Å². The number of nitriles is 1. The van der Waals surface area contributed by atoms with Crippen LogP contribution in [0.2, 0.25) is 0 Å². The molecule has 114 valence electrons. The monoisotopic (exact) mass is 293 g/mol. The highest BCUT2D eigenvalue weighted by Crippen LogP contribution is 2.25. The van der Waals surface area contributed by atoms with E-state index in [1.807, 2.05) is 43.8 Å². The number of aromatic nitrogens is 2. The Bertz CT molecular complexity index is 748. The Labute approximate surface area is 132 Å². The zero-order valence-electron chi connectivity index (χ0n) is 14.2. The van der Waals surface area contributed by atoms with Crippen LogP contribution >= 0.6 is 0 Å². The second-order valence-corrected chi connectivity index (χ2v) is 6.72. The van der Waals surface area contributed by atoms with E-state index in [-0.39, 0.29) is 5.41 Å². The number of allylic oxidation sites excluding steroid dienone is 1. The molecule has 0 radical (unpaired) electrons. The quantitative estimate of drug-likeness (QED) is 0.770. The lowest BCUT2D eigenvalue weighted by atomic mass is 9.86. The first-order chi connectivity index (χ1) is 10.2. The summed E-state index contributed by atoms with van der Waals surface area (Å²) in [6, 6.07) is 10.6. The third kappa shape index (κ3) is 3.12. The molecule has 0 N–H and O–H groups in total. The zero-order valence-corrected chi connectivity index (χ0v) is 14.2. The van der Waals surface area contributed by atoms with Crippen LogP contribution in [0, 0.1) is 25.2 Å². The predicted molar refractivity (Wildman–Crippen MR) is 91.3 cm³/mol. The van der Waals surface area contributed by atoms with E-state index in [0.717, 1.165) is 22.5 Å². The number of aryl methyl sites for hydroxylation is 2. The molecule has 0 bridgehead atoms. The molecule has 1 aromatic heterocycles. The highest BCUT2D eigenvalue weighted by atomic mass is 15.3. The van der Waals surface area contributed by atoms with Crippen molar-refractivity contribution >= 4 is 11.6 Å². The van der Waals surface area contributed by atoms with E-state index in [4.69, 9.17) is 0 Å². The molecule has 0 aliphatic heterocycles. The van der Waals surface area contributed by atoms with Gasteiger partial charge in [0.1, 0.15) is 0 Å². The minimum atomic E-state index is 0.116. The average Bonchev–Trinajstić information content (AvgIpc) is 2.69. The van der Waals surface area contributed by atoms with Gasteiger partial charge in [0.25, 0.3) is 0 Å². The van der Waals surface area contributed by atoms with Crippen molar-refractivity contribution in [3.05, 3.63) is 52.3 Å². The molecule has 0 amide bonds. The average molecular weight is 293 g/mol. The predicted octanol–water partition coefficient (Wildman–Crippen LogP) is 4.40. The molecule has 1 aromatic carbocycles. The van der Waals surface area contributed by atoms with E-state index in [9.17, 15) is 5.26 Å². The summed E-state index contributed by atoms with van der Waals surface area (Å²) < 4.78 is 1.82. The largest absolute Gasteiger partial charge is 0.268 e. The van der Waals surface area contributed by atoms with Crippen molar-refractivity contribution in [2.24, 2.45) is 7.05 Å². The summed E-state index contributed by atoms with van der Waals surface area (Å²) in [7, 11) is 1.91. The van der Waals surface area contributed by atoms with Crippen LogP contribution in [0.1, 0.15) is 48.8 Å². The molecule has 1 heterocycles. The Hall–Kier alpha value is -2.34. The van der Waals surface area contributed by atoms with Crippen LogP contribution < -0.4 is 0 Å². The molecule has 3 heteroatoms. The summed E-state index contributed by atoms with van der Waals surface area (Å²) in [5.41, 5.74) is 6.07. The summed E-state index contributed by atoms with van der Waals surface area (Å²) in [6.45, 7) is 10.6. The smallest absolute Gasteiger partial charge is 0.0998 e. The molecule has 0 spiro atoms. The van der Waals surface area contributed by atoms with Crippen molar-refractivity contribution in [2.45, 2.75) is 40.0 Å². The molecule has 0 fully saturated rings. The summed E-state index contributed by atoms with van der Waals surface area (Å²) in [5, 5.41) is 13.9. The summed E-state index contributed by atoms with van der Waals surface area (Å²) in [5.74, 6) is 0. The number of benzene rings is 1. The maximum absolute atomic E-state index is 9.51. The first kappa shape index (κ1) is 16.0. The van der Waals surface area contributed by atoms with Crippen molar-refractivity contribution in [1.29, 1.82) is 5.26 Å². The van der Waals surface area contributed by atoms with Crippen LogP contribution in [0.4, 0.5) is 0 Å². The van der Waals surface area contributed by atoms with Crippen molar-refractivity contribution in [3.63, 3.8) is 0 Å². The van der Waals surface area contributed by atoms with Gasteiger partial charge in [0.2, 0.25) is 0 Å². The van der Waals surface area contributed by atoms with Crippen LogP contribution in [-0.2, 0) is 12.5 Å². The standard InChI is InChI=1S/C19H23N3/c1-13-14(2)21-22(6)18(13)11-16(12-20)15-7-9-17(10-8-15)19(3,4)5/h7-11H,1-6H3/b16-11-. The van der Waals surface area contributed by atoms with E-state index in [1.165, 1.54) is 5.56 Å². The minimum Gasteiger partial charge on any atom is -0.268 e. The lowest BCUT2D eigenvalue weighted by Crippen LogP contribution is -2.10. The normalized spacial score (nSPS) is 12.3. The molecule has 22 heavy (non-hydrogen) atoms. The molecule has 0 atom stereocenters. The van der Waals surface area contributed by atoms with Crippen molar-refractivity contribution in [2.75, 3.05) is 0 Å². The fourth-order valence-corrected chi connectivity index (χ4v) is 2.45. The van der Waals surface area contributed by atoms with Gasteiger partial charge in [0.15, 0.2) is 0 Å². The van der Waals surface area contributed by atoms with E-state index in [1.54, 1.807) is 0 Å². The number of hydrogen-bond donors (Lipinski definition) is 0. The van der Waals surface area contributed by atoms with Crippen LogP contribution in [0.15, 0.2) is 24.3 Å². The Morgan fingerprint density at radius 2 is 1.77 bits per heavy atom. The highest BCUT2D eigenvalue weighted by Gasteiger charge is 2.14. The van der Waals surface area contributed by atoms with Crippen molar-refractivity contribution in [3.8, 4) is 6.07 Å². The maximum Gasteiger partial charge on any atom is 0.0998 e. The fourth-order valence-electron chi connectivity index (χ4n) is 2.45. The minimum absolute atomic E-state index is 0.116. The Morgan fingerprint density at radius 3 is 2.18 bits per heavy atom. The lowest BCUT2D eigenvalue weighted by molar-refractivity contribution is 0.590. The molecule has 2 aromatic rings. The molecular formula is C19H23N3. The Morgan fingerprint density at radius 1 is 1.18 bits per heavy atom. The van der Waals surface area contributed by atoms with E-state index < -0.39 is 0 Å². The summed E-state index contributed by atoms with van der Waals surface area (Å²) >= 11 is 0. The van der Waals surface area contributed by atoms with Gasteiger partial charge in [-0.3, -0.25) is 4.68 Å². The van der Waals surface area contributed by atoms with E-state index in [0.29, 0.717) is 5.57 Å². The van der Waals surface area contributed by atoms with E-state index in [2.05, 4.69) is 44.1 Å². The fraction of sp³-hybridized carbons (Fsp3) is 0.368. The van der Waals surface area contributed by atoms with Crippen LogP contribution in [0.3, 0.4) is 0 Å². The van der Waals surface area contributed by atoms with Crippen LogP contribution in [0.25, 0.3) is 11.6 Å². The second-order valence-electron chi connectivity index (χ2n) is 6.72. The van der Waals surface area contributed by atoms with Gasteiger partial charge in [-0.1, -0.05) is 45.0 Å². The lowest BCUT2D eigenvalue weighted by Gasteiger charge is -2.19. The van der Waals surface area contributed by atoms with Gasteiger partial charge in [-0.05, 0) is 42.0 Å². The Kier molecular flexibility index (Phi) is 4.23. The summed E-state index contributed by atoms with van der Waals surface area (Å²) in [6.07, 6.45) is 1.92. The van der Waals surface area contributed by atoms with Gasteiger partial charge >= 0.3 is 0 Å². The first-order valence-electron chi connectivity index (χ1n) is 7.47. The molecule has 3 nitrogen and oxygen atoms in total. The Balaban J connectivity index is 2.45. The van der Waals surface area contributed by atoms with Gasteiger partial charge in [0, 0.05) is 7.05 Å². The molecule has 0 aliphatic rings. The van der Waals surface area contributed by atoms with Gasteiger partial charge in [0.05, 0.1) is 23.0 Å². The molecule has 0 saturated heterocycles. The SMILES string of the molecule is Cc1nn(C)c(/C=C(/C#N)c2ccc(C(C)(C)C)cc2)c1C. The second kappa shape index (κ2) is 5.81. The molecule has 0 aliphatic carbocycles. The molecule has 2 rings (SSSR count). The third-order valence-electron chi connectivity index (χ3n) is 4.04.